The second-order valence-corrected chi connectivity index (χ2v) is 5.98. The summed E-state index contributed by atoms with van der Waals surface area (Å²) >= 11 is 0. The molecule has 18 heavy (non-hydrogen) atoms. The molecule has 1 saturated carbocycles. The highest BCUT2D eigenvalue weighted by Crippen LogP contribution is 2.44. The highest BCUT2D eigenvalue weighted by atomic mass is 16.1. The Morgan fingerprint density at radius 1 is 1.11 bits per heavy atom. The molecule has 0 aromatic rings. The number of isocyanates is 1. The van der Waals surface area contributed by atoms with E-state index in [2.05, 4.69) is 17.1 Å². The molecule has 0 amide bonds. The number of allylic oxidation sites excluding steroid dienone is 1. The van der Waals surface area contributed by atoms with E-state index in [0.29, 0.717) is 6.54 Å². The van der Waals surface area contributed by atoms with Crippen molar-refractivity contribution in [2.45, 2.75) is 64.2 Å². The van der Waals surface area contributed by atoms with E-state index in [1.165, 1.54) is 64.2 Å². The average molecular weight is 247 g/mol. The molecule has 0 aromatic heterocycles. The molecule has 0 aromatic carbocycles. The van der Waals surface area contributed by atoms with Gasteiger partial charge in [-0.3, -0.25) is 0 Å². The summed E-state index contributed by atoms with van der Waals surface area (Å²) < 4.78 is 0. The van der Waals surface area contributed by atoms with Crippen molar-refractivity contribution in [1.82, 2.24) is 0 Å². The Bertz CT molecular complexity index is 322. The van der Waals surface area contributed by atoms with Gasteiger partial charge in [0, 0.05) is 5.41 Å². The Balaban J connectivity index is 2.17. The maximum atomic E-state index is 10.5. The SMILES string of the molecule is O=C=NCC1(C2CCCCCC2)C=CCCCC1. The number of rotatable bonds is 3. The van der Waals surface area contributed by atoms with Gasteiger partial charge in [0.25, 0.3) is 0 Å². The summed E-state index contributed by atoms with van der Waals surface area (Å²) in [7, 11) is 0. The van der Waals surface area contributed by atoms with Gasteiger partial charge in [-0.2, -0.15) is 0 Å². The largest absolute Gasteiger partial charge is 0.234 e. The van der Waals surface area contributed by atoms with E-state index in [1.54, 1.807) is 6.08 Å². The molecule has 0 N–H and O–H groups in total. The fourth-order valence-electron chi connectivity index (χ4n) is 3.75. The lowest BCUT2D eigenvalue weighted by Gasteiger charge is -2.36. The van der Waals surface area contributed by atoms with Crippen molar-refractivity contribution in [1.29, 1.82) is 0 Å². The van der Waals surface area contributed by atoms with Gasteiger partial charge < -0.3 is 0 Å². The third kappa shape index (κ3) is 3.32. The Labute approximate surface area is 111 Å². The number of hydrogen-bond acceptors (Lipinski definition) is 2. The molecule has 1 fully saturated rings. The van der Waals surface area contributed by atoms with Crippen molar-refractivity contribution in [3.8, 4) is 0 Å². The van der Waals surface area contributed by atoms with E-state index < -0.39 is 0 Å². The zero-order valence-corrected chi connectivity index (χ0v) is 11.4. The lowest BCUT2D eigenvalue weighted by atomic mass is 9.69. The van der Waals surface area contributed by atoms with Crippen molar-refractivity contribution in [2.75, 3.05) is 6.54 Å². The molecule has 0 radical (unpaired) electrons. The summed E-state index contributed by atoms with van der Waals surface area (Å²) in [6.45, 7) is 0.664. The van der Waals surface area contributed by atoms with Gasteiger partial charge in [-0.25, -0.2) is 9.79 Å². The van der Waals surface area contributed by atoms with E-state index >= 15 is 0 Å². The molecule has 2 rings (SSSR count). The zero-order valence-electron chi connectivity index (χ0n) is 11.4. The van der Waals surface area contributed by atoms with Gasteiger partial charge in [0.05, 0.1) is 6.54 Å². The topological polar surface area (TPSA) is 29.4 Å². The van der Waals surface area contributed by atoms with Crippen molar-refractivity contribution >= 4 is 6.08 Å². The van der Waals surface area contributed by atoms with Crippen LogP contribution in [0.1, 0.15) is 64.2 Å². The van der Waals surface area contributed by atoms with Crippen LogP contribution < -0.4 is 0 Å². The summed E-state index contributed by atoms with van der Waals surface area (Å²) in [5.74, 6) is 0.728. The van der Waals surface area contributed by atoms with Gasteiger partial charge in [-0.15, -0.1) is 0 Å². The van der Waals surface area contributed by atoms with Crippen LogP contribution in [-0.2, 0) is 4.79 Å². The molecular formula is C16H25NO. The normalized spacial score (nSPS) is 30.2. The monoisotopic (exact) mass is 247 g/mol. The third-order valence-electron chi connectivity index (χ3n) is 4.82. The standard InChI is InChI=1S/C16H25NO/c18-14-17-13-16(11-7-3-4-8-12-16)15-9-5-1-2-6-10-15/h7,11,15H,1-6,8-10,12-13H2. The molecule has 0 aliphatic heterocycles. The maximum Gasteiger partial charge on any atom is 0.234 e. The van der Waals surface area contributed by atoms with Gasteiger partial charge >= 0.3 is 0 Å². The van der Waals surface area contributed by atoms with Gasteiger partial charge in [-0.1, -0.05) is 44.3 Å². The maximum absolute atomic E-state index is 10.5. The molecule has 2 aliphatic rings. The first-order valence-corrected chi connectivity index (χ1v) is 7.59. The Hall–Kier alpha value is -0.880. The molecule has 2 heteroatoms. The molecule has 1 unspecified atom stereocenters. The predicted octanol–water partition coefficient (Wildman–Crippen LogP) is 4.41. The predicted molar refractivity (Wildman–Crippen MR) is 74.2 cm³/mol. The van der Waals surface area contributed by atoms with Crippen LogP contribution in [0.4, 0.5) is 0 Å². The Kier molecular flexibility index (Phi) is 5.19. The second kappa shape index (κ2) is 6.89. The van der Waals surface area contributed by atoms with Crippen LogP contribution in [0, 0.1) is 11.3 Å². The minimum Gasteiger partial charge on any atom is -0.211 e. The number of aliphatic imine (C=N–C) groups is 1. The molecule has 1 atom stereocenters. The smallest absolute Gasteiger partial charge is 0.211 e. The van der Waals surface area contributed by atoms with Gasteiger partial charge in [0.15, 0.2) is 0 Å². The van der Waals surface area contributed by atoms with E-state index in [1.807, 2.05) is 0 Å². The first-order chi connectivity index (χ1) is 8.87. The van der Waals surface area contributed by atoms with Crippen LogP contribution in [0.25, 0.3) is 0 Å². The lowest BCUT2D eigenvalue weighted by molar-refractivity contribution is 0.194. The first kappa shape index (κ1) is 13.5. The summed E-state index contributed by atoms with van der Waals surface area (Å²) in [4.78, 5) is 14.5. The molecule has 0 saturated heterocycles. The molecule has 0 spiro atoms. The summed E-state index contributed by atoms with van der Waals surface area (Å²) in [6, 6.07) is 0. The number of nitrogens with zero attached hydrogens (tertiary/aromatic N) is 1. The number of carbonyl (C=O) groups excluding carboxylic acids is 1. The quantitative estimate of drug-likeness (QED) is 0.314. The molecule has 2 nitrogen and oxygen atoms in total. The molecule has 0 bridgehead atoms. The molecular weight excluding hydrogens is 222 g/mol. The number of hydrogen-bond donors (Lipinski definition) is 0. The van der Waals surface area contributed by atoms with Crippen LogP contribution in [0.2, 0.25) is 0 Å². The van der Waals surface area contributed by atoms with Gasteiger partial charge in [0.2, 0.25) is 6.08 Å². The fourth-order valence-corrected chi connectivity index (χ4v) is 3.75. The zero-order chi connectivity index (χ0) is 12.7. The van der Waals surface area contributed by atoms with Crippen molar-refractivity contribution in [3.63, 3.8) is 0 Å². The molecule has 100 valence electrons. The first-order valence-electron chi connectivity index (χ1n) is 7.59. The van der Waals surface area contributed by atoms with Crippen LogP contribution in [0.5, 0.6) is 0 Å². The average Bonchev–Trinajstić information content (AvgIpc) is 2.80. The fraction of sp³-hybridized carbons (Fsp3) is 0.812. The van der Waals surface area contributed by atoms with E-state index in [0.717, 1.165) is 5.92 Å². The Morgan fingerprint density at radius 3 is 2.61 bits per heavy atom. The highest BCUT2D eigenvalue weighted by Gasteiger charge is 2.36. The molecule has 2 aliphatic carbocycles. The van der Waals surface area contributed by atoms with Crippen LogP contribution in [0.15, 0.2) is 17.1 Å². The third-order valence-corrected chi connectivity index (χ3v) is 4.82. The minimum absolute atomic E-state index is 0.165. The van der Waals surface area contributed by atoms with E-state index in [4.69, 9.17) is 0 Å². The van der Waals surface area contributed by atoms with Crippen LogP contribution >= 0.6 is 0 Å². The van der Waals surface area contributed by atoms with Crippen LogP contribution in [-0.4, -0.2) is 12.6 Å². The van der Waals surface area contributed by atoms with Gasteiger partial charge in [0.1, 0.15) is 0 Å². The summed E-state index contributed by atoms with van der Waals surface area (Å²) in [5.41, 5.74) is 0.165. The van der Waals surface area contributed by atoms with E-state index in [9.17, 15) is 4.79 Å². The molecule has 0 heterocycles. The summed E-state index contributed by atoms with van der Waals surface area (Å²) in [6.07, 6.45) is 19.6. The minimum atomic E-state index is 0.165. The lowest BCUT2D eigenvalue weighted by Crippen LogP contribution is -2.31. The highest BCUT2D eigenvalue weighted by molar-refractivity contribution is 5.33. The van der Waals surface area contributed by atoms with Gasteiger partial charge in [-0.05, 0) is 38.0 Å². The van der Waals surface area contributed by atoms with E-state index in [-0.39, 0.29) is 5.41 Å². The van der Waals surface area contributed by atoms with Crippen molar-refractivity contribution in [3.05, 3.63) is 12.2 Å². The van der Waals surface area contributed by atoms with Crippen LogP contribution in [0.3, 0.4) is 0 Å². The van der Waals surface area contributed by atoms with Crippen molar-refractivity contribution < 1.29 is 4.79 Å². The Morgan fingerprint density at radius 2 is 1.89 bits per heavy atom. The summed E-state index contributed by atoms with van der Waals surface area (Å²) in [5, 5.41) is 0. The second-order valence-electron chi connectivity index (χ2n) is 5.98. The van der Waals surface area contributed by atoms with Crippen molar-refractivity contribution in [2.24, 2.45) is 16.3 Å².